The van der Waals surface area contributed by atoms with E-state index < -0.39 is 6.04 Å². The minimum atomic E-state index is -0.697. The highest BCUT2D eigenvalue weighted by Crippen LogP contribution is 2.20. The van der Waals surface area contributed by atoms with Crippen molar-refractivity contribution in [2.24, 2.45) is 5.92 Å². The molecule has 1 N–H and O–H groups in total. The van der Waals surface area contributed by atoms with Gasteiger partial charge in [0, 0.05) is 24.0 Å². The maximum atomic E-state index is 13.6. The molecule has 0 aliphatic heterocycles. The lowest BCUT2D eigenvalue weighted by molar-refractivity contribution is -0.142. The lowest BCUT2D eigenvalue weighted by Gasteiger charge is -2.31. The van der Waals surface area contributed by atoms with Crippen molar-refractivity contribution in [3.63, 3.8) is 0 Å². The predicted molar refractivity (Wildman–Crippen MR) is 145 cm³/mol. The van der Waals surface area contributed by atoms with Gasteiger partial charge >= 0.3 is 0 Å². The molecule has 0 fully saturated rings. The molecule has 6 nitrogen and oxygen atoms in total. The van der Waals surface area contributed by atoms with Crippen LogP contribution in [0.2, 0.25) is 0 Å². The van der Waals surface area contributed by atoms with Gasteiger partial charge in [-0.05, 0) is 53.4 Å². The Bertz CT molecular complexity index is 1120. The maximum Gasteiger partial charge on any atom is 0.261 e. The molecule has 0 aromatic heterocycles. The van der Waals surface area contributed by atoms with Crippen molar-refractivity contribution in [3.05, 3.63) is 94.5 Å². The molecule has 3 rings (SSSR count). The van der Waals surface area contributed by atoms with Crippen LogP contribution in [0.3, 0.4) is 0 Å². The van der Waals surface area contributed by atoms with Gasteiger partial charge in [0.05, 0.1) is 7.11 Å². The fraction of sp³-hybridized carbons (Fsp3) is 0.310. The number of nitrogens with zero attached hydrogens (tertiary/aromatic N) is 1. The van der Waals surface area contributed by atoms with Crippen molar-refractivity contribution in [1.29, 1.82) is 0 Å². The number of carbonyl (C=O) groups is 2. The highest BCUT2D eigenvalue weighted by atomic mass is 79.9. The summed E-state index contributed by atoms with van der Waals surface area (Å²) in [7, 11) is 1.59. The molecule has 3 aromatic carbocycles. The smallest absolute Gasteiger partial charge is 0.261 e. The Kier molecular flexibility index (Phi) is 10.4. The molecule has 0 aliphatic carbocycles. The topological polar surface area (TPSA) is 67.9 Å². The van der Waals surface area contributed by atoms with Gasteiger partial charge in [0.1, 0.15) is 17.5 Å². The minimum Gasteiger partial charge on any atom is -0.497 e. The Morgan fingerprint density at radius 3 is 2.22 bits per heavy atom. The van der Waals surface area contributed by atoms with Gasteiger partial charge in [-0.15, -0.1) is 0 Å². The number of carbonyl (C=O) groups excluding carboxylic acids is 2. The number of nitrogens with one attached hydrogen (secondary N) is 1. The molecule has 0 bridgehead atoms. The molecular weight excluding hydrogens is 520 g/mol. The molecule has 0 radical (unpaired) electrons. The van der Waals surface area contributed by atoms with Crippen LogP contribution in [-0.4, -0.2) is 43.0 Å². The highest BCUT2D eigenvalue weighted by Gasteiger charge is 2.30. The van der Waals surface area contributed by atoms with Crippen molar-refractivity contribution < 1.29 is 19.1 Å². The van der Waals surface area contributed by atoms with Crippen molar-refractivity contribution in [2.75, 3.05) is 20.3 Å². The Balaban J connectivity index is 1.88. The van der Waals surface area contributed by atoms with Crippen LogP contribution < -0.4 is 14.8 Å². The Morgan fingerprint density at radius 2 is 1.58 bits per heavy atom. The monoisotopic (exact) mass is 552 g/mol. The van der Waals surface area contributed by atoms with Gasteiger partial charge in [-0.25, -0.2) is 0 Å². The molecule has 0 heterocycles. The van der Waals surface area contributed by atoms with E-state index in [-0.39, 0.29) is 25.0 Å². The first kappa shape index (κ1) is 27.3. The second-order valence-electron chi connectivity index (χ2n) is 8.96. The van der Waals surface area contributed by atoms with E-state index in [0.717, 1.165) is 15.6 Å². The molecule has 3 aromatic rings. The zero-order valence-electron chi connectivity index (χ0n) is 20.9. The van der Waals surface area contributed by atoms with Crippen molar-refractivity contribution in [1.82, 2.24) is 10.2 Å². The van der Waals surface area contributed by atoms with Crippen LogP contribution in [0.25, 0.3) is 0 Å². The van der Waals surface area contributed by atoms with Crippen LogP contribution in [0.15, 0.2) is 83.3 Å². The van der Waals surface area contributed by atoms with Crippen LogP contribution in [0.4, 0.5) is 0 Å². The van der Waals surface area contributed by atoms with Gasteiger partial charge in [0.25, 0.3) is 5.91 Å². The van der Waals surface area contributed by atoms with Gasteiger partial charge in [-0.3, -0.25) is 9.59 Å². The van der Waals surface area contributed by atoms with Gasteiger partial charge in [0.15, 0.2) is 6.61 Å². The molecule has 2 amide bonds. The summed E-state index contributed by atoms with van der Waals surface area (Å²) in [5, 5.41) is 3.02. The van der Waals surface area contributed by atoms with E-state index in [0.29, 0.717) is 30.4 Å². The van der Waals surface area contributed by atoms with E-state index in [9.17, 15) is 9.59 Å². The first-order chi connectivity index (χ1) is 17.4. The molecule has 0 spiro atoms. The third-order valence-electron chi connectivity index (χ3n) is 5.62. The zero-order valence-corrected chi connectivity index (χ0v) is 22.5. The van der Waals surface area contributed by atoms with Crippen molar-refractivity contribution in [2.45, 2.75) is 32.9 Å². The Labute approximate surface area is 221 Å². The van der Waals surface area contributed by atoms with Crippen molar-refractivity contribution >= 4 is 27.7 Å². The van der Waals surface area contributed by atoms with E-state index in [1.54, 1.807) is 36.3 Å². The lowest BCUT2D eigenvalue weighted by Crippen LogP contribution is -2.52. The first-order valence-electron chi connectivity index (χ1n) is 12.0. The molecule has 0 unspecified atom stereocenters. The average Bonchev–Trinajstić information content (AvgIpc) is 2.88. The quantitative estimate of drug-likeness (QED) is 0.333. The fourth-order valence-corrected chi connectivity index (χ4v) is 4.16. The van der Waals surface area contributed by atoms with E-state index >= 15 is 0 Å². The maximum absolute atomic E-state index is 13.6. The fourth-order valence-electron chi connectivity index (χ4n) is 3.71. The number of benzene rings is 3. The summed E-state index contributed by atoms with van der Waals surface area (Å²) in [5.74, 6) is 1.09. The Hall–Kier alpha value is -3.32. The van der Waals surface area contributed by atoms with Crippen molar-refractivity contribution in [3.8, 4) is 11.5 Å². The third kappa shape index (κ3) is 8.41. The van der Waals surface area contributed by atoms with Gasteiger partial charge < -0.3 is 19.7 Å². The molecule has 7 heteroatoms. The normalized spacial score (nSPS) is 11.6. The summed E-state index contributed by atoms with van der Waals surface area (Å²) in [6.45, 7) is 4.70. The van der Waals surface area contributed by atoms with E-state index in [2.05, 4.69) is 21.2 Å². The lowest BCUT2D eigenvalue weighted by atomic mass is 10.0. The van der Waals surface area contributed by atoms with Gasteiger partial charge in [-0.2, -0.15) is 0 Å². The van der Waals surface area contributed by atoms with Gasteiger partial charge in [-0.1, -0.05) is 72.2 Å². The van der Waals surface area contributed by atoms with Crippen LogP contribution in [0, 0.1) is 5.92 Å². The third-order valence-corrected chi connectivity index (χ3v) is 6.11. The number of hydrogen-bond acceptors (Lipinski definition) is 4. The number of rotatable bonds is 12. The highest BCUT2D eigenvalue weighted by molar-refractivity contribution is 9.10. The molecule has 36 heavy (non-hydrogen) atoms. The summed E-state index contributed by atoms with van der Waals surface area (Å²) in [6, 6.07) is 23.9. The number of amides is 2. The number of ether oxygens (including phenoxy) is 2. The average molecular weight is 553 g/mol. The predicted octanol–water partition coefficient (Wildman–Crippen LogP) is 5.25. The molecule has 0 saturated heterocycles. The van der Waals surface area contributed by atoms with Crippen LogP contribution in [-0.2, 0) is 22.6 Å². The molecule has 0 saturated carbocycles. The van der Waals surface area contributed by atoms with Crippen LogP contribution in [0.5, 0.6) is 11.5 Å². The molecular formula is C29H33BrN2O4. The first-order valence-corrected chi connectivity index (χ1v) is 12.8. The standard InChI is InChI=1S/C29H33BrN2O4/c1-21(2)18-31-29(34)27(17-22-8-5-4-6-9-22)32(19-23-10-7-11-24(30)16-23)28(33)20-36-26-14-12-25(35-3)13-15-26/h4-16,21,27H,17-20H2,1-3H3,(H,31,34)/t27-/m0/s1. The van der Waals surface area contributed by atoms with E-state index in [4.69, 9.17) is 9.47 Å². The minimum absolute atomic E-state index is 0.180. The summed E-state index contributed by atoms with van der Waals surface area (Å²) >= 11 is 3.51. The van der Waals surface area contributed by atoms with Crippen LogP contribution >= 0.6 is 15.9 Å². The number of methoxy groups -OCH3 is 1. The second kappa shape index (κ2) is 13.7. The summed E-state index contributed by atoms with van der Waals surface area (Å²) < 4.78 is 11.9. The van der Waals surface area contributed by atoms with Crippen LogP contribution in [0.1, 0.15) is 25.0 Å². The summed E-state index contributed by atoms with van der Waals surface area (Å²) in [6.07, 6.45) is 0.396. The zero-order chi connectivity index (χ0) is 25.9. The molecule has 0 aliphatic rings. The molecule has 1 atom stereocenters. The largest absolute Gasteiger partial charge is 0.497 e. The number of hydrogen-bond donors (Lipinski definition) is 1. The van der Waals surface area contributed by atoms with E-state index in [1.807, 2.05) is 68.4 Å². The summed E-state index contributed by atoms with van der Waals surface area (Å²) in [4.78, 5) is 28.6. The summed E-state index contributed by atoms with van der Waals surface area (Å²) in [5.41, 5.74) is 1.89. The second-order valence-corrected chi connectivity index (χ2v) is 9.88. The molecule has 190 valence electrons. The SMILES string of the molecule is COc1ccc(OCC(=O)N(Cc2cccc(Br)c2)[C@@H](Cc2ccccc2)C(=O)NCC(C)C)cc1. The number of halogens is 1. The Morgan fingerprint density at radius 1 is 0.917 bits per heavy atom. The van der Waals surface area contributed by atoms with E-state index in [1.165, 1.54) is 0 Å². The van der Waals surface area contributed by atoms with Gasteiger partial charge in [0.2, 0.25) is 5.91 Å².